The first-order valence-electron chi connectivity index (χ1n) is 13.7. The minimum atomic E-state index is -4.62. The highest BCUT2D eigenvalue weighted by Gasteiger charge is 2.55. The van der Waals surface area contributed by atoms with Gasteiger partial charge < -0.3 is 10.2 Å². The van der Waals surface area contributed by atoms with Gasteiger partial charge in [-0.3, -0.25) is 4.79 Å². The van der Waals surface area contributed by atoms with Crippen LogP contribution < -0.4 is 5.32 Å². The predicted molar refractivity (Wildman–Crippen MR) is 133 cm³/mol. The van der Waals surface area contributed by atoms with Crippen molar-refractivity contribution in [2.75, 3.05) is 13.1 Å². The third-order valence-electron chi connectivity index (χ3n) is 9.81. The lowest BCUT2D eigenvalue weighted by Crippen LogP contribution is -2.47. The van der Waals surface area contributed by atoms with Crippen LogP contribution in [0.3, 0.4) is 0 Å². The Morgan fingerprint density at radius 2 is 1.76 bits per heavy atom. The molecule has 1 aliphatic heterocycles. The number of hydrogen-bond donors (Lipinski definition) is 1. The normalized spacial score (nSPS) is 27.4. The molecule has 4 aliphatic rings. The number of benzene rings is 2. The van der Waals surface area contributed by atoms with Crippen LogP contribution in [0, 0.1) is 17.2 Å². The quantitative estimate of drug-likeness (QED) is 0.469. The number of hydrogen-bond acceptors (Lipinski definition) is 2. The number of nitrogens with one attached hydrogen (secondary N) is 1. The topological polar surface area (TPSA) is 32.3 Å². The van der Waals surface area contributed by atoms with Gasteiger partial charge >= 0.3 is 6.18 Å². The highest BCUT2D eigenvalue weighted by Crippen LogP contribution is 2.56. The molecule has 1 saturated heterocycles. The largest absolute Gasteiger partial charge is 0.416 e. The minimum absolute atomic E-state index is 0.0754. The Bertz CT molecular complexity index is 1180. The SMILES string of the molecule is O=C(NCc1cc(F)cc(C(F)(F)F)c1)C1(C2CC2)CCC(N2CCC3(CCc4ccccc43)CC2)C1. The molecule has 1 heterocycles. The maximum absolute atomic E-state index is 13.8. The molecule has 0 radical (unpaired) electrons. The van der Waals surface area contributed by atoms with Crippen molar-refractivity contribution in [3.63, 3.8) is 0 Å². The van der Waals surface area contributed by atoms with Gasteiger partial charge in [-0.15, -0.1) is 0 Å². The minimum Gasteiger partial charge on any atom is -0.352 e. The highest BCUT2D eigenvalue weighted by molar-refractivity contribution is 5.84. The molecule has 3 aliphatic carbocycles. The van der Waals surface area contributed by atoms with E-state index < -0.39 is 23.0 Å². The fourth-order valence-corrected chi connectivity index (χ4v) is 7.63. The van der Waals surface area contributed by atoms with Crippen molar-refractivity contribution in [2.45, 2.75) is 82.0 Å². The van der Waals surface area contributed by atoms with Crippen LogP contribution in [0.25, 0.3) is 0 Å². The van der Waals surface area contributed by atoms with Crippen molar-refractivity contribution in [1.29, 1.82) is 0 Å². The van der Waals surface area contributed by atoms with Crippen LogP contribution in [0.1, 0.15) is 73.6 Å². The molecule has 198 valence electrons. The van der Waals surface area contributed by atoms with Gasteiger partial charge in [0.15, 0.2) is 0 Å². The van der Waals surface area contributed by atoms with Crippen molar-refractivity contribution in [2.24, 2.45) is 11.3 Å². The van der Waals surface area contributed by atoms with E-state index in [0.717, 1.165) is 70.2 Å². The number of aryl methyl sites for hydroxylation is 1. The summed E-state index contributed by atoms with van der Waals surface area (Å²) in [5, 5.41) is 2.89. The molecule has 7 heteroatoms. The first kappa shape index (κ1) is 24.9. The van der Waals surface area contributed by atoms with Crippen LogP contribution in [-0.2, 0) is 29.4 Å². The molecular formula is C30H34F4N2O. The molecule has 1 spiro atoms. The lowest BCUT2D eigenvalue weighted by molar-refractivity contribution is -0.137. The fraction of sp³-hybridized carbons (Fsp3) is 0.567. The van der Waals surface area contributed by atoms with E-state index >= 15 is 0 Å². The second-order valence-electron chi connectivity index (χ2n) is 11.8. The number of amides is 1. The van der Waals surface area contributed by atoms with Crippen LogP contribution in [0.5, 0.6) is 0 Å². The molecule has 2 unspecified atom stereocenters. The smallest absolute Gasteiger partial charge is 0.352 e. The summed E-state index contributed by atoms with van der Waals surface area (Å²) in [6.07, 6.45) is 4.74. The molecule has 2 saturated carbocycles. The molecular weight excluding hydrogens is 480 g/mol. The third kappa shape index (κ3) is 4.58. The lowest BCUT2D eigenvalue weighted by atomic mass is 9.73. The fourth-order valence-electron chi connectivity index (χ4n) is 7.63. The lowest BCUT2D eigenvalue weighted by Gasteiger charge is -2.43. The Morgan fingerprint density at radius 1 is 1.00 bits per heavy atom. The molecule has 2 aromatic carbocycles. The number of piperidine rings is 1. The van der Waals surface area contributed by atoms with Gasteiger partial charge in [-0.25, -0.2) is 4.39 Å². The Balaban J connectivity index is 1.10. The average molecular weight is 515 g/mol. The molecule has 0 bridgehead atoms. The van der Waals surface area contributed by atoms with Gasteiger partial charge in [0.2, 0.25) is 5.91 Å². The van der Waals surface area contributed by atoms with Gasteiger partial charge in [0.05, 0.1) is 11.0 Å². The summed E-state index contributed by atoms with van der Waals surface area (Å²) in [5.41, 5.74) is 2.00. The standard InChI is InChI=1S/C30H34F4N2O/c31-24-16-20(15-23(17-24)30(32,33)34)19-35-27(37)29(22-5-6-22)10-8-25(18-29)36-13-11-28(12-14-36)9-7-21-3-1-2-4-26(21)28/h1-4,15-17,22,25H,5-14,18-19H2,(H,35,37). The summed E-state index contributed by atoms with van der Waals surface area (Å²) in [6.45, 7) is 2.00. The second-order valence-corrected chi connectivity index (χ2v) is 11.8. The Labute approximate surface area is 215 Å². The van der Waals surface area contributed by atoms with Crippen molar-refractivity contribution in [3.05, 3.63) is 70.5 Å². The van der Waals surface area contributed by atoms with Gasteiger partial charge in [0.25, 0.3) is 0 Å². The summed E-state index contributed by atoms with van der Waals surface area (Å²) in [6, 6.07) is 11.7. The van der Waals surface area contributed by atoms with Crippen LogP contribution in [0.2, 0.25) is 0 Å². The molecule has 2 atom stereocenters. The van der Waals surface area contributed by atoms with Crippen LogP contribution in [-0.4, -0.2) is 29.9 Å². The highest BCUT2D eigenvalue weighted by atomic mass is 19.4. The number of rotatable bonds is 5. The van der Waals surface area contributed by atoms with E-state index in [2.05, 4.69) is 34.5 Å². The van der Waals surface area contributed by atoms with E-state index in [-0.39, 0.29) is 18.0 Å². The average Bonchev–Trinajstić information content (AvgIpc) is 3.55. The number of fused-ring (bicyclic) bond motifs is 2. The zero-order chi connectivity index (χ0) is 25.8. The number of alkyl halides is 3. The third-order valence-corrected chi connectivity index (χ3v) is 9.81. The molecule has 37 heavy (non-hydrogen) atoms. The Hall–Kier alpha value is -2.41. The van der Waals surface area contributed by atoms with E-state index in [1.54, 1.807) is 5.56 Å². The van der Waals surface area contributed by atoms with Crippen LogP contribution in [0.15, 0.2) is 42.5 Å². The molecule has 1 amide bonds. The van der Waals surface area contributed by atoms with Gasteiger partial charge in [0, 0.05) is 12.6 Å². The molecule has 0 aromatic heterocycles. The Kier molecular flexibility index (Phi) is 6.13. The van der Waals surface area contributed by atoms with Crippen molar-refractivity contribution < 1.29 is 22.4 Å². The van der Waals surface area contributed by atoms with E-state index in [0.29, 0.717) is 23.4 Å². The molecule has 3 nitrogen and oxygen atoms in total. The molecule has 6 rings (SSSR count). The number of carbonyl (C=O) groups excluding carboxylic acids is 1. The number of likely N-dealkylation sites (tertiary alicyclic amines) is 1. The molecule has 1 N–H and O–H groups in total. The summed E-state index contributed by atoms with van der Waals surface area (Å²) in [7, 11) is 0. The van der Waals surface area contributed by atoms with Crippen LogP contribution in [0.4, 0.5) is 17.6 Å². The van der Waals surface area contributed by atoms with Crippen LogP contribution >= 0.6 is 0 Å². The van der Waals surface area contributed by atoms with Gasteiger partial charge in [-0.05, 0) is 117 Å². The first-order valence-corrected chi connectivity index (χ1v) is 13.7. The summed E-state index contributed by atoms with van der Waals surface area (Å²) in [5.74, 6) is -0.674. The summed E-state index contributed by atoms with van der Waals surface area (Å²) in [4.78, 5) is 16.1. The van der Waals surface area contributed by atoms with Crippen molar-refractivity contribution in [3.8, 4) is 0 Å². The zero-order valence-electron chi connectivity index (χ0n) is 21.0. The van der Waals surface area contributed by atoms with E-state index in [1.807, 2.05) is 0 Å². The monoisotopic (exact) mass is 514 g/mol. The zero-order valence-corrected chi connectivity index (χ0v) is 21.0. The predicted octanol–water partition coefficient (Wildman–Crippen LogP) is 6.39. The number of carbonyl (C=O) groups is 1. The van der Waals surface area contributed by atoms with E-state index in [9.17, 15) is 22.4 Å². The molecule has 2 aromatic rings. The van der Waals surface area contributed by atoms with Gasteiger partial charge in [0.1, 0.15) is 5.82 Å². The van der Waals surface area contributed by atoms with E-state index in [4.69, 9.17) is 0 Å². The molecule has 3 fully saturated rings. The van der Waals surface area contributed by atoms with Gasteiger partial charge in [-0.1, -0.05) is 24.3 Å². The summed E-state index contributed by atoms with van der Waals surface area (Å²) < 4.78 is 53.1. The number of nitrogens with zero attached hydrogens (tertiary/aromatic N) is 1. The maximum atomic E-state index is 13.8. The maximum Gasteiger partial charge on any atom is 0.416 e. The first-order chi connectivity index (χ1) is 17.7. The second kappa shape index (κ2) is 9.11. The van der Waals surface area contributed by atoms with Gasteiger partial charge in [-0.2, -0.15) is 13.2 Å². The Morgan fingerprint density at radius 3 is 2.49 bits per heavy atom. The van der Waals surface area contributed by atoms with Crippen molar-refractivity contribution >= 4 is 5.91 Å². The number of halogens is 4. The summed E-state index contributed by atoms with van der Waals surface area (Å²) >= 11 is 0. The van der Waals surface area contributed by atoms with Crippen molar-refractivity contribution in [1.82, 2.24) is 10.2 Å². The van der Waals surface area contributed by atoms with E-state index in [1.165, 1.54) is 18.4 Å².